The summed E-state index contributed by atoms with van der Waals surface area (Å²) in [6.45, 7) is 8.00. The summed E-state index contributed by atoms with van der Waals surface area (Å²) in [5.41, 5.74) is 0. The van der Waals surface area contributed by atoms with Crippen LogP contribution in [-0.2, 0) is 26.2 Å². The first-order valence-electron chi connectivity index (χ1n) is 3.73. The van der Waals surface area contributed by atoms with E-state index in [0.29, 0.717) is 0 Å². The Kier molecular flexibility index (Phi) is 12.8. The van der Waals surface area contributed by atoms with Crippen LogP contribution in [0.15, 0.2) is 30.3 Å². The molecule has 1 aromatic carbocycles. The van der Waals surface area contributed by atoms with Gasteiger partial charge in [0.1, 0.15) is 0 Å². The minimum Gasteiger partial charge on any atom is -0.343 e. The van der Waals surface area contributed by atoms with E-state index in [0.717, 1.165) is 12.3 Å². The minimum atomic E-state index is 0. The van der Waals surface area contributed by atoms with Gasteiger partial charge in [-0.1, -0.05) is 19.8 Å². The molecule has 0 fully saturated rings. The molecule has 0 nitrogen and oxygen atoms in total. The standard InChI is InChI=1S/C5H5.C5H11.Zr/c1-2-4-5-3-1;1-4-5(2)3;/h1-5H;5H,1,4H2,2-3H3;/q2*-1;+2. The van der Waals surface area contributed by atoms with E-state index in [1.165, 1.54) is 0 Å². The van der Waals surface area contributed by atoms with Gasteiger partial charge in [-0.15, -0.1) is 0 Å². The van der Waals surface area contributed by atoms with Gasteiger partial charge in [0.2, 0.25) is 0 Å². The number of rotatable bonds is 1. The molecule has 0 aliphatic heterocycles. The second-order valence-corrected chi connectivity index (χ2v) is 2.64. The molecule has 0 amide bonds. The molecule has 0 aliphatic carbocycles. The van der Waals surface area contributed by atoms with Crippen molar-refractivity contribution in [1.82, 2.24) is 0 Å². The molecule has 0 unspecified atom stereocenters. The summed E-state index contributed by atoms with van der Waals surface area (Å²) in [5, 5.41) is 0. The molecule has 1 rings (SSSR count). The van der Waals surface area contributed by atoms with Crippen LogP contribution < -0.4 is 0 Å². The maximum atomic E-state index is 3.69. The molecule has 0 aromatic heterocycles. The van der Waals surface area contributed by atoms with E-state index in [9.17, 15) is 0 Å². The predicted molar refractivity (Wildman–Crippen MR) is 46.8 cm³/mol. The van der Waals surface area contributed by atoms with Crippen LogP contribution in [0.5, 0.6) is 0 Å². The van der Waals surface area contributed by atoms with Crippen molar-refractivity contribution in [2.45, 2.75) is 20.3 Å². The van der Waals surface area contributed by atoms with Crippen LogP contribution in [0, 0.1) is 12.8 Å². The third-order valence-corrected chi connectivity index (χ3v) is 1.13. The number of hydrogen-bond donors (Lipinski definition) is 0. The molecule has 0 radical (unpaired) electrons. The molecule has 0 spiro atoms. The Morgan fingerprint density at radius 1 is 1.27 bits per heavy atom. The van der Waals surface area contributed by atoms with Crippen molar-refractivity contribution in [1.29, 1.82) is 0 Å². The van der Waals surface area contributed by atoms with E-state index in [2.05, 4.69) is 20.8 Å². The fraction of sp³-hybridized carbons (Fsp3) is 0.400. The Morgan fingerprint density at radius 3 is 1.73 bits per heavy atom. The topological polar surface area (TPSA) is 0 Å². The van der Waals surface area contributed by atoms with Gasteiger partial charge in [-0.3, -0.25) is 0 Å². The van der Waals surface area contributed by atoms with Crippen LogP contribution in [0.2, 0.25) is 0 Å². The van der Waals surface area contributed by atoms with Gasteiger partial charge in [-0.2, -0.15) is 24.6 Å². The summed E-state index contributed by atoms with van der Waals surface area (Å²) in [5.74, 6) is 0.773. The fourth-order valence-corrected chi connectivity index (χ4v) is 0.321. The second-order valence-electron chi connectivity index (χ2n) is 2.64. The summed E-state index contributed by atoms with van der Waals surface area (Å²) in [6, 6.07) is 10.0. The maximum Gasteiger partial charge on any atom is 2.00 e. The van der Waals surface area contributed by atoms with Crippen LogP contribution in [0.25, 0.3) is 0 Å². The Morgan fingerprint density at radius 2 is 1.64 bits per heavy atom. The second kappa shape index (κ2) is 10.2. The predicted octanol–water partition coefficient (Wildman–Crippen LogP) is 3.27. The zero-order valence-corrected chi connectivity index (χ0v) is 9.84. The normalized spacial score (nSPS) is 8.00. The largest absolute Gasteiger partial charge is 2.00 e. The molecule has 0 saturated carbocycles. The average molecular weight is 227 g/mol. The first-order chi connectivity index (χ1) is 4.77. The molecule has 11 heavy (non-hydrogen) atoms. The molecule has 60 valence electrons. The zero-order chi connectivity index (χ0) is 7.82. The van der Waals surface area contributed by atoms with E-state index in [4.69, 9.17) is 0 Å². The summed E-state index contributed by atoms with van der Waals surface area (Å²) in [7, 11) is 0. The fourth-order valence-electron chi connectivity index (χ4n) is 0.321. The van der Waals surface area contributed by atoms with Crippen LogP contribution >= 0.6 is 0 Å². The summed E-state index contributed by atoms with van der Waals surface area (Å²) < 4.78 is 0. The Hall–Kier alpha value is 0.233. The van der Waals surface area contributed by atoms with Crippen molar-refractivity contribution in [3.05, 3.63) is 37.3 Å². The third kappa shape index (κ3) is 13.3. The van der Waals surface area contributed by atoms with Crippen molar-refractivity contribution >= 4 is 0 Å². The Labute approximate surface area is 89.5 Å². The zero-order valence-electron chi connectivity index (χ0n) is 7.38. The monoisotopic (exact) mass is 226 g/mol. The van der Waals surface area contributed by atoms with E-state index in [-0.39, 0.29) is 26.2 Å². The molecular weight excluding hydrogens is 211 g/mol. The van der Waals surface area contributed by atoms with Gasteiger partial charge in [0.05, 0.1) is 0 Å². The van der Waals surface area contributed by atoms with Gasteiger partial charge in [0.25, 0.3) is 0 Å². The van der Waals surface area contributed by atoms with Crippen molar-refractivity contribution in [3.63, 3.8) is 0 Å². The Balaban J connectivity index is 0. The van der Waals surface area contributed by atoms with Crippen LogP contribution in [0.4, 0.5) is 0 Å². The SMILES string of the molecule is [CH2-]CC(C)C.[Zr+2].c1cc[cH-]c1. The van der Waals surface area contributed by atoms with Gasteiger partial charge >= 0.3 is 26.2 Å². The molecule has 0 saturated heterocycles. The van der Waals surface area contributed by atoms with Crippen LogP contribution in [0.1, 0.15) is 20.3 Å². The van der Waals surface area contributed by atoms with E-state index in [1.54, 1.807) is 0 Å². The first-order valence-corrected chi connectivity index (χ1v) is 3.73. The molecule has 0 heterocycles. The molecule has 0 bridgehead atoms. The minimum absolute atomic E-state index is 0. The molecule has 1 aromatic rings. The van der Waals surface area contributed by atoms with Crippen molar-refractivity contribution in [3.8, 4) is 0 Å². The van der Waals surface area contributed by atoms with E-state index in [1.807, 2.05) is 30.3 Å². The molecule has 0 N–H and O–H groups in total. The van der Waals surface area contributed by atoms with Crippen molar-refractivity contribution in [2.75, 3.05) is 0 Å². The molecule has 0 atom stereocenters. The van der Waals surface area contributed by atoms with E-state index >= 15 is 0 Å². The van der Waals surface area contributed by atoms with E-state index < -0.39 is 0 Å². The average Bonchev–Trinajstić information content (AvgIpc) is 2.43. The third-order valence-electron chi connectivity index (χ3n) is 1.13. The summed E-state index contributed by atoms with van der Waals surface area (Å²) >= 11 is 0. The first kappa shape index (κ1) is 13.8. The molecule has 0 aliphatic rings. The van der Waals surface area contributed by atoms with Gasteiger partial charge in [-0.05, 0) is 0 Å². The number of hydrogen-bond acceptors (Lipinski definition) is 0. The van der Waals surface area contributed by atoms with Crippen molar-refractivity contribution < 1.29 is 26.2 Å². The smallest absolute Gasteiger partial charge is 0.343 e. The van der Waals surface area contributed by atoms with Crippen molar-refractivity contribution in [2.24, 2.45) is 5.92 Å². The van der Waals surface area contributed by atoms with Gasteiger partial charge < -0.3 is 6.92 Å². The maximum absolute atomic E-state index is 3.69. The molecule has 1 heteroatoms. The quantitative estimate of drug-likeness (QED) is 0.646. The van der Waals surface area contributed by atoms with Gasteiger partial charge in [0.15, 0.2) is 0 Å². The van der Waals surface area contributed by atoms with Crippen LogP contribution in [0.3, 0.4) is 0 Å². The summed E-state index contributed by atoms with van der Waals surface area (Å²) in [4.78, 5) is 0. The van der Waals surface area contributed by atoms with Gasteiger partial charge in [-0.25, -0.2) is 12.1 Å². The summed E-state index contributed by atoms with van der Waals surface area (Å²) in [6.07, 6.45) is 1.06. The Bertz CT molecular complexity index is 102. The van der Waals surface area contributed by atoms with Crippen LogP contribution in [-0.4, -0.2) is 0 Å². The van der Waals surface area contributed by atoms with Gasteiger partial charge in [0, 0.05) is 0 Å². The molecular formula is C10H16Zr.